The van der Waals surface area contributed by atoms with Gasteiger partial charge in [0.15, 0.2) is 0 Å². The average Bonchev–Trinajstić information content (AvgIpc) is 3.26. The summed E-state index contributed by atoms with van der Waals surface area (Å²) in [4.78, 5) is 43.8. The Labute approximate surface area is 206 Å². The van der Waals surface area contributed by atoms with Crippen LogP contribution < -0.4 is 4.90 Å². The fourth-order valence-corrected chi connectivity index (χ4v) is 5.24. The minimum Gasteiger partial charge on any atom is -0.465 e. The first-order valence-electron chi connectivity index (χ1n) is 12.2. The number of hydrogen-bond acceptors (Lipinski definition) is 6. The van der Waals surface area contributed by atoms with Crippen molar-refractivity contribution in [1.82, 2.24) is 4.90 Å². The molecule has 0 spiro atoms. The summed E-state index contributed by atoms with van der Waals surface area (Å²) < 4.78 is 10.4. The Morgan fingerprint density at radius 3 is 2.50 bits per heavy atom. The lowest BCUT2D eigenvalue weighted by atomic mass is 9.82. The van der Waals surface area contributed by atoms with Crippen LogP contribution in [0.2, 0.25) is 0 Å². The molecule has 0 unspecified atom stereocenters. The van der Waals surface area contributed by atoms with Crippen molar-refractivity contribution in [2.75, 3.05) is 44.9 Å². The van der Waals surface area contributed by atoms with Crippen LogP contribution in [0, 0.1) is 29.6 Å². The molecular formula is C26H36N2O5S. The minimum absolute atomic E-state index is 0.0989. The number of anilines is 1. The van der Waals surface area contributed by atoms with E-state index >= 15 is 0 Å². The molecule has 1 aliphatic heterocycles. The topological polar surface area (TPSA) is 76.2 Å². The van der Waals surface area contributed by atoms with Crippen molar-refractivity contribution in [2.45, 2.75) is 52.9 Å². The molecule has 0 atom stereocenters. The molecule has 2 heterocycles. The van der Waals surface area contributed by atoms with Crippen LogP contribution in [-0.2, 0) is 19.1 Å². The Hall–Kier alpha value is -2.37. The van der Waals surface area contributed by atoms with Crippen molar-refractivity contribution in [2.24, 2.45) is 17.8 Å². The van der Waals surface area contributed by atoms with Gasteiger partial charge in [0.05, 0.1) is 30.9 Å². The van der Waals surface area contributed by atoms with Gasteiger partial charge in [-0.3, -0.25) is 9.59 Å². The molecule has 0 aromatic carbocycles. The van der Waals surface area contributed by atoms with E-state index in [2.05, 4.69) is 32.6 Å². The SMILES string of the molecule is COC(=O)c1sc(C#CCC(C)C)cc1N(CC(=O)N1CCOCC1)C(=O)[C@H]1CC[C@H](C)CC1. The average molecular weight is 489 g/mol. The molecule has 0 radical (unpaired) electrons. The second-order valence-electron chi connectivity index (χ2n) is 9.59. The van der Waals surface area contributed by atoms with Gasteiger partial charge < -0.3 is 19.3 Å². The van der Waals surface area contributed by atoms with Crippen LogP contribution in [0.15, 0.2) is 6.07 Å². The van der Waals surface area contributed by atoms with Crippen molar-refractivity contribution in [1.29, 1.82) is 0 Å². The summed E-state index contributed by atoms with van der Waals surface area (Å²) in [6.07, 6.45) is 4.29. The highest BCUT2D eigenvalue weighted by Gasteiger charge is 2.34. The Morgan fingerprint density at radius 1 is 1.21 bits per heavy atom. The Balaban J connectivity index is 1.95. The summed E-state index contributed by atoms with van der Waals surface area (Å²) in [5.74, 6) is 6.38. The largest absolute Gasteiger partial charge is 0.465 e. The second kappa shape index (κ2) is 12.4. The van der Waals surface area contributed by atoms with Crippen LogP contribution in [-0.4, -0.2) is 62.6 Å². The summed E-state index contributed by atoms with van der Waals surface area (Å²) in [5, 5.41) is 0. The zero-order valence-corrected chi connectivity index (χ0v) is 21.5. The van der Waals surface area contributed by atoms with E-state index in [9.17, 15) is 14.4 Å². The van der Waals surface area contributed by atoms with E-state index in [1.807, 2.05) is 0 Å². The highest BCUT2D eigenvalue weighted by Crippen LogP contribution is 2.35. The van der Waals surface area contributed by atoms with E-state index in [4.69, 9.17) is 9.47 Å². The minimum atomic E-state index is -0.522. The van der Waals surface area contributed by atoms with Crippen molar-refractivity contribution in [3.05, 3.63) is 15.8 Å². The first-order valence-corrected chi connectivity index (χ1v) is 13.0. The third-order valence-corrected chi connectivity index (χ3v) is 7.40. The number of hydrogen-bond donors (Lipinski definition) is 0. The predicted octanol–water partition coefficient (Wildman–Crippen LogP) is 3.95. The number of rotatable bonds is 6. The predicted molar refractivity (Wildman–Crippen MR) is 133 cm³/mol. The van der Waals surface area contributed by atoms with Crippen LogP contribution in [0.5, 0.6) is 0 Å². The van der Waals surface area contributed by atoms with E-state index in [0.717, 1.165) is 32.1 Å². The lowest BCUT2D eigenvalue weighted by Crippen LogP contribution is -2.49. The highest BCUT2D eigenvalue weighted by atomic mass is 32.1. The number of ether oxygens (including phenoxy) is 2. The molecule has 2 fully saturated rings. The maximum atomic E-state index is 13.7. The molecule has 1 saturated heterocycles. The van der Waals surface area contributed by atoms with Gasteiger partial charge in [0.1, 0.15) is 11.4 Å². The summed E-state index contributed by atoms with van der Waals surface area (Å²) in [7, 11) is 1.32. The van der Waals surface area contributed by atoms with E-state index in [1.54, 1.807) is 11.0 Å². The van der Waals surface area contributed by atoms with Crippen LogP contribution in [0.3, 0.4) is 0 Å². The number of methoxy groups -OCH3 is 1. The summed E-state index contributed by atoms with van der Waals surface area (Å²) in [6.45, 7) is 8.27. The second-order valence-corrected chi connectivity index (χ2v) is 10.6. The van der Waals surface area contributed by atoms with Crippen LogP contribution in [0.4, 0.5) is 5.69 Å². The van der Waals surface area contributed by atoms with E-state index in [1.165, 1.54) is 23.3 Å². The summed E-state index contributed by atoms with van der Waals surface area (Å²) in [6, 6.07) is 1.76. The Bertz CT molecular complexity index is 931. The molecule has 0 N–H and O–H groups in total. The first kappa shape index (κ1) is 26.2. The normalized spacial score (nSPS) is 20.4. The standard InChI is InChI=1S/C26H36N2O5S/c1-18(2)6-5-7-21-16-22(24(34-21)26(31)32-4)28(17-23(29)27-12-14-33-15-13-27)25(30)20-10-8-19(3)9-11-20/h16,18-20H,6,8-15,17H2,1-4H3/t19-,20-. The molecule has 2 amide bonds. The van der Waals surface area contributed by atoms with Crippen LogP contribution in [0.25, 0.3) is 0 Å². The van der Waals surface area contributed by atoms with Gasteiger partial charge in [0, 0.05) is 25.4 Å². The van der Waals surface area contributed by atoms with E-state index in [0.29, 0.717) is 53.6 Å². The van der Waals surface area contributed by atoms with Gasteiger partial charge in [0.2, 0.25) is 11.8 Å². The summed E-state index contributed by atoms with van der Waals surface area (Å²) >= 11 is 1.21. The maximum absolute atomic E-state index is 13.7. The molecular weight excluding hydrogens is 452 g/mol. The van der Waals surface area contributed by atoms with Crippen LogP contribution >= 0.6 is 11.3 Å². The molecule has 186 valence electrons. The van der Waals surface area contributed by atoms with Gasteiger partial charge in [-0.15, -0.1) is 11.3 Å². The number of thiophene rings is 1. The molecule has 8 heteroatoms. The Morgan fingerprint density at radius 2 is 1.88 bits per heavy atom. The quantitative estimate of drug-likeness (QED) is 0.448. The lowest BCUT2D eigenvalue weighted by molar-refractivity contribution is -0.135. The molecule has 34 heavy (non-hydrogen) atoms. The molecule has 7 nitrogen and oxygen atoms in total. The van der Waals surface area contributed by atoms with E-state index < -0.39 is 5.97 Å². The van der Waals surface area contributed by atoms with Gasteiger partial charge in [-0.2, -0.15) is 0 Å². The smallest absolute Gasteiger partial charge is 0.350 e. The number of nitrogens with zero attached hydrogens (tertiary/aromatic N) is 2. The zero-order chi connectivity index (χ0) is 24.7. The zero-order valence-electron chi connectivity index (χ0n) is 20.7. The first-order chi connectivity index (χ1) is 16.3. The number of carbonyl (C=O) groups excluding carboxylic acids is 3. The number of amides is 2. The fraction of sp³-hybridized carbons (Fsp3) is 0.654. The van der Waals surface area contributed by atoms with Gasteiger partial charge >= 0.3 is 5.97 Å². The maximum Gasteiger partial charge on any atom is 0.350 e. The Kier molecular flexibility index (Phi) is 9.54. The van der Waals surface area contributed by atoms with Gasteiger partial charge in [0.25, 0.3) is 0 Å². The molecule has 1 aromatic heterocycles. The number of carbonyl (C=O) groups is 3. The third-order valence-electron chi connectivity index (χ3n) is 6.38. The molecule has 2 aliphatic rings. The van der Waals surface area contributed by atoms with Crippen molar-refractivity contribution < 1.29 is 23.9 Å². The number of morpholine rings is 1. The van der Waals surface area contributed by atoms with Gasteiger partial charge in [-0.25, -0.2) is 4.79 Å². The van der Waals surface area contributed by atoms with Crippen molar-refractivity contribution in [3.8, 4) is 11.8 Å². The van der Waals surface area contributed by atoms with Gasteiger partial charge in [-0.1, -0.05) is 32.6 Å². The third kappa shape index (κ3) is 6.83. The fourth-order valence-electron chi connectivity index (χ4n) is 4.28. The summed E-state index contributed by atoms with van der Waals surface area (Å²) in [5.41, 5.74) is 0.427. The van der Waals surface area contributed by atoms with Crippen molar-refractivity contribution >= 4 is 34.8 Å². The number of esters is 1. The molecule has 1 aliphatic carbocycles. The molecule has 1 aromatic rings. The molecule has 1 saturated carbocycles. The lowest BCUT2D eigenvalue weighted by Gasteiger charge is -2.33. The monoisotopic (exact) mass is 488 g/mol. The van der Waals surface area contributed by atoms with Crippen LogP contribution in [0.1, 0.15) is 67.4 Å². The van der Waals surface area contributed by atoms with Crippen molar-refractivity contribution in [3.63, 3.8) is 0 Å². The highest BCUT2D eigenvalue weighted by molar-refractivity contribution is 7.15. The molecule has 3 rings (SSSR count). The molecule has 0 bridgehead atoms. The van der Waals surface area contributed by atoms with Gasteiger partial charge in [-0.05, 0) is 43.6 Å². The van der Waals surface area contributed by atoms with E-state index in [-0.39, 0.29) is 24.3 Å².